The molecule has 0 unspecified atom stereocenters. The Morgan fingerprint density at radius 3 is 2.52 bits per heavy atom. The van der Waals surface area contributed by atoms with Gasteiger partial charge in [-0.3, -0.25) is 4.90 Å². The third-order valence-electron chi connectivity index (χ3n) is 3.84. The Labute approximate surface area is 133 Å². The molecule has 3 rings (SSSR count). The number of oxazole rings is 1. The Bertz CT molecular complexity index is 583. The molecule has 6 heteroatoms. The quantitative estimate of drug-likeness (QED) is 0.851. The second kappa shape index (κ2) is 6.15. The van der Waals surface area contributed by atoms with Crippen LogP contribution in [-0.2, 0) is 6.54 Å². The molecule has 0 atom stereocenters. The third-order valence-corrected chi connectivity index (χ3v) is 4.31. The van der Waals surface area contributed by atoms with Crippen LogP contribution >= 0.6 is 15.9 Å². The maximum Gasteiger partial charge on any atom is 0.208 e. The van der Waals surface area contributed by atoms with Gasteiger partial charge in [-0.1, -0.05) is 0 Å². The van der Waals surface area contributed by atoms with Gasteiger partial charge in [-0.15, -0.1) is 0 Å². The van der Waals surface area contributed by atoms with Crippen LogP contribution in [0.5, 0.6) is 0 Å². The number of pyridine rings is 1. The smallest absolute Gasteiger partial charge is 0.208 e. The van der Waals surface area contributed by atoms with Gasteiger partial charge in [0.1, 0.15) is 11.6 Å². The van der Waals surface area contributed by atoms with Crippen molar-refractivity contribution in [3.63, 3.8) is 0 Å². The van der Waals surface area contributed by atoms with E-state index in [9.17, 15) is 0 Å². The number of anilines is 1. The van der Waals surface area contributed by atoms with Gasteiger partial charge in [0.2, 0.25) is 5.89 Å². The van der Waals surface area contributed by atoms with Gasteiger partial charge in [-0.2, -0.15) is 0 Å². The SMILES string of the molecule is Cc1nc(CN2CCN(c3ccc(Br)cn3)CC2)oc1C. The number of hydrogen-bond acceptors (Lipinski definition) is 5. The molecule has 1 saturated heterocycles. The fourth-order valence-corrected chi connectivity index (χ4v) is 2.72. The molecule has 21 heavy (non-hydrogen) atoms. The lowest BCUT2D eigenvalue weighted by molar-refractivity contribution is 0.224. The van der Waals surface area contributed by atoms with Crippen molar-refractivity contribution in [1.29, 1.82) is 0 Å². The number of piperazine rings is 1. The lowest BCUT2D eigenvalue weighted by Crippen LogP contribution is -2.46. The predicted molar refractivity (Wildman–Crippen MR) is 85.4 cm³/mol. The average molecular weight is 351 g/mol. The van der Waals surface area contributed by atoms with Crippen LogP contribution < -0.4 is 4.90 Å². The largest absolute Gasteiger partial charge is 0.444 e. The molecular formula is C15H19BrN4O. The summed E-state index contributed by atoms with van der Waals surface area (Å²) in [7, 11) is 0. The summed E-state index contributed by atoms with van der Waals surface area (Å²) >= 11 is 3.42. The van der Waals surface area contributed by atoms with Gasteiger partial charge in [0.25, 0.3) is 0 Å². The van der Waals surface area contributed by atoms with Gasteiger partial charge in [-0.25, -0.2) is 9.97 Å². The predicted octanol–water partition coefficient (Wildman–Crippen LogP) is 2.77. The lowest BCUT2D eigenvalue weighted by Gasteiger charge is -2.34. The van der Waals surface area contributed by atoms with Crippen LogP contribution in [0.4, 0.5) is 5.82 Å². The fraction of sp³-hybridized carbons (Fsp3) is 0.467. The normalized spacial score (nSPS) is 16.4. The van der Waals surface area contributed by atoms with Gasteiger partial charge in [0.15, 0.2) is 0 Å². The molecule has 3 heterocycles. The summed E-state index contributed by atoms with van der Waals surface area (Å²) < 4.78 is 6.67. The maximum atomic E-state index is 5.66. The standard InChI is InChI=1S/C15H19BrN4O/c1-11-12(2)21-15(18-11)10-19-5-7-20(8-6-19)14-4-3-13(16)9-17-14/h3-4,9H,5-8,10H2,1-2H3. The molecule has 1 aliphatic rings. The highest BCUT2D eigenvalue weighted by Crippen LogP contribution is 2.18. The van der Waals surface area contributed by atoms with Crippen LogP contribution in [-0.4, -0.2) is 41.0 Å². The molecule has 112 valence electrons. The molecule has 0 saturated carbocycles. The number of hydrogen-bond donors (Lipinski definition) is 0. The molecule has 2 aromatic rings. The van der Waals surface area contributed by atoms with E-state index >= 15 is 0 Å². The molecular weight excluding hydrogens is 332 g/mol. The molecule has 5 nitrogen and oxygen atoms in total. The van der Waals surface area contributed by atoms with Crippen LogP contribution in [0.25, 0.3) is 0 Å². The van der Waals surface area contributed by atoms with Gasteiger partial charge in [0.05, 0.1) is 12.2 Å². The van der Waals surface area contributed by atoms with Crippen molar-refractivity contribution >= 4 is 21.7 Å². The van der Waals surface area contributed by atoms with Crippen molar-refractivity contribution < 1.29 is 4.42 Å². The van der Waals surface area contributed by atoms with Crippen LogP contribution in [0.1, 0.15) is 17.3 Å². The minimum absolute atomic E-state index is 0.788. The molecule has 1 fully saturated rings. The highest BCUT2D eigenvalue weighted by atomic mass is 79.9. The van der Waals surface area contributed by atoms with E-state index in [-0.39, 0.29) is 0 Å². The highest BCUT2D eigenvalue weighted by Gasteiger charge is 2.19. The zero-order chi connectivity index (χ0) is 14.8. The van der Waals surface area contributed by atoms with Gasteiger partial charge >= 0.3 is 0 Å². The van der Waals surface area contributed by atoms with Crippen molar-refractivity contribution in [3.8, 4) is 0 Å². The van der Waals surface area contributed by atoms with E-state index in [1.807, 2.05) is 26.1 Å². The van der Waals surface area contributed by atoms with Crippen molar-refractivity contribution in [2.24, 2.45) is 0 Å². The zero-order valence-corrected chi connectivity index (χ0v) is 13.9. The number of nitrogens with zero attached hydrogens (tertiary/aromatic N) is 4. The van der Waals surface area contributed by atoms with Crippen molar-refractivity contribution in [1.82, 2.24) is 14.9 Å². The first-order chi connectivity index (χ1) is 10.1. The number of rotatable bonds is 3. The Hall–Kier alpha value is -1.40. The highest BCUT2D eigenvalue weighted by molar-refractivity contribution is 9.10. The van der Waals surface area contributed by atoms with E-state index in [1.165, 1.54) is 0 Å². The van der Waals surface area contributed by atoms with Gasteiger partial charge in [-0.05, 0) is 41.9 Å². The van der Waals surface area contributed by atoms with E-state index in [1.54, 1.807) is 0 Å². The molecule has 0 amide bonds. The molecule has 0 radical (unpaired) electrons. The number of aryl methyl sites for hydroxylation is 2. The average Bonchev–Trinajstić information content (AvgIpc) is 2.79. The van der Waals surface area contributed by atoms with Gasteiger partial charge in [0, 0.05) is 36.8 Å². The fourth-order valence-electron chi connectivity index (χ4n) is 2.49. The molecule has 2 aromatic heterocycles. The minimum atomic E-state index is 0.788. The second-order valence-electron chi connectivity index (χ2n) is 5.35. The van der Waals surface area contributed by atoms with E-state index in [4.69, 9.17) is 4.42 Å². The monoisotopic (exact) mass is 350 g/mol. The Kier molecular flexibility index (Phi) is 4.26. The summed E-state index contributed by atoms with van der Waals surface area (Å²) in [4.78, 5) is 13.6. The summed E-state index contributed by atoms with van der Waals surface area (Å²) in [6, 6.07) is 4.09. The number of halogens is 1. The van der Waals surface area contributed by atoms with Crippen molar-refractivity contribution in [3.05, 3.63) is 40.1 Å². The molecule has 0 N–H and O–H groups in total. The molecule has 1 aliphatic heterocycles. The summed E-state index contributed by atoms with van der Waals surface area (Å²) in [6.45, 7) is 8.69. The lowest BCUT2D eigenvalue weighted by atomic mass is 10.3. The van der Waals surface area contributed by atoms with Crippen molar-refractivity contribution in [2.75, 3.05) is 31.1 Å². The first-order valence-corrected chi connectivity index (χ1v) is 7.93. The second-order valence-corrected chi connectivity index (χ2v) is 6.26. The number of aromatic nitrogens is 2. The summed E-state index contributed by atoms with van der Waals surface area (Å²) in [5.74, 6) is 2.78. The summed E-state index contributed by atoms with van der Waals surface area (Å²) in [6.07, 6.45) is 1.85. The van der Waals surface area contributed by atoms with Crippen molar-refractivity contribution in [2.45, 2.75) is 20.4 Å². The topological polar surface area (TPSA) is 45.4 Å². The Balaban J connectivity index is 1.56. The zero-order valence-electron chi connectivity index (χ0n) is 12.3. The molecule has 0 aromatic carbocycles. The third kappa shape index (κ3) is 3.44. The van der Waals surface area contributed by atoms with Crippen LogP contribution in [0.3, 0.4) is 0 Å². The van der Waals surface area contributed by atoms with E-state index < -0.39 is 0 Å². The Morgan fingerprint density at radius 2 is 1.95 bits per heavy atom. The van der Waals surface area contributed by atoms with E-state index in [0.717, 1.165) is 60.4 Å². The maximum absolute atomic E-state index is 5.66. The van der Waals surface area contributed by atoms with Gasteiger partial charge < -0.3 is 9.32 Å². The van der Waals surface area contributed by atoms with Crippen LogP contribution in [0.2, 0.25) is 0 Å². The van der Waals surface area contributed by atoms with Crippen LogP contribution in [0.15, 0.2) is 27.2 Å². The molecule has 0 bridgehead atoms. The molecule has 0 aliphatic carbocycles. The Morgan fingerprint density at radius 1 is 1.19 bits per heavy atom. The minimum Gasteiger partial charge on any atom is -0.444 e. The summed E-state index contributed by atoms with van der Waals surface area (Å²) in [5, 5.41) is 0. The summed E-state index contributed by atoms with van der Waals surface area (Å²) in [5.41, 5.74) is 0.989. The molecule has 0 spiro atoms. The van der Waals surface area contributed by atoms with E-state index in [2.05, 4.69) is 41.8 Å². The van der Waals surface area contributed by atoms with Crippen LogP contribution in [0, 0.1) is 13.8 Å². The first kappa shape index (κ1) is 14.5. The van der Waals surface area contributed by atoms with E-state index in [0.29, 0.717) is 0 Å². The first-order valence-electron chi connectivity index (χ1n) is 7.13.